The van der Waals surface area contributed by atoms with Crippen molar-refractivity contribution in [1.29, 1.82) is 0 Å². The van der Waals surface area contributed by atoms with Crippen molar-refractivity contribution in [3.05, 3.63) is 63.1 Å². The summed E-state index contributed by atoms with van der Waals surface area (Å²) < 4.78 is 5.24. The summed E-state index contributed by atoms with van der Waals surface area (Å²) in [6.07, 6.45) is 2.64. The Balaban J connectivity index is 1.82. The molecule has 0 bridgehead atoms. The van der Waals surface area contributed by atoms with Gasteiger partial charge in [0, 0.05) is 10.6 Å². The molecule has 0 radical (unpaired) electrons. The SMILES string of the molecule is COc1ccc2c(c1)CCC/C2=N\OC(=O)c1ccc(Cl)cc1Cl. The fourth-order valence-corrected chi connectivity index (χ4v) is 3.15. The lowest BCUT2D eigenvalue weighted by Crippen LogP contribution is -2.14. The molecule has 2 aromatic rings. The molecule has 4 nitrogen and oxygen atoms in total. The van der Waals surface area contributed by atoms with Crippen LogP contribution in [0.25, 0.3) is 0 Å². The number of nitrogens with zero attached hydrogens (tertiary/aromatic N) is 1. The van der Waals surface area contributed by atoms with Gasteiger partial charge >= 0.3 is 5.97 Å². The second-order valence-corrected chi connectivity index (χ2v) is 6.26. The van der Waals surface area contributed by atoms with E-state index in [2.05, 4.69) is 5.16 Å². The molecule has 0 aliphatic heterocycles. The van der Waals surface area contributed by atoms with Crippen LogP contribution < -0.4 is 4.74 Å². The van der Waals surface area contributed by atoms with Gasteiger partial charge in [-0.2, -0.15) is 0 Å². The van der Waals surface area contributed by atoms with E-state index in [1.165, 1.54) is 12.1 Å². The zero-order valence-electron chi connectivity index (χ0n) is 13.0. The molecule has 0 heterocycles. The maximum absolute atomic E-state index is 12.2. The number of hydrogen-bond acceptors (Lipinski definition) is 4. The molecular formula is C18H15Cl2NO3. The van der Waals surface area contributed by atoms with Crippen molar-refractivity contribution >= 4 is 34.9 Å². The van der Waals surface area contributed by atoms with Crippen LogP contribution in [0.15, 0.2) is 41.6 Å². The Morgan fingerprint density at radius 3 is 2.71 bits per heavy atom. The smallest absolute Gasteiger partial charge is 0.367 e. The fraction of sp³-hybridized carbons (Fsp3) is 0.222. The Hall–Kier alpha value is -2.04. The van der Waals surface area contributed by atoms with Gasteiger partial charge in [0.15, 0.2) is 0 Å². The second-order valence-electron chi connectivity index (χ2n) is 5.42. The van der Waals surface area contributed by atoms with E-state index in [0.29, 0.717) is 5.02 Å². The standard InChI is InChI=1S/C18H15Cl2NO3/c1-23-13-6-8-14-11(9-13)3-2-4-17(14)21-24-18(22)15-7-5-12(19)10-16(15)20/h5-10H,2-4H2,1H3/b21-17+. The van der Waals surface area contributed by atoms with Crippen molar-refractivity contribution in [2.45, 2.75) is 19.3 Å². The van der Waals surface area contributed by atoms with Crippen LogP contribution in [0.4, 0.5) is 0 Å². The highest BCUT2D eigenvalue weighted by molar-refractivity contribution is 6.36. The molecule has 6 heteroatoms. The molecule has 1 aliphatic rings. The number of ether oxygens (including phenoxy) is 1. The van der Waals surface area contributed by atoms with Gasteiger partial charge < -0.3 is 9.57 Å². The summed E-state index contributed by atoms with van der Waals surface area (Å²) in [6, 6.07) is 10.4. The van der Waals surface area contributed by atoms with Crippen LogP contribution in [-0.4, -0.2) is 18.8 Å². The number of fused-ring (bicyclic) bond motifs is 1. The number of aryl methyl sites for hydroxylation is 1. The van der Waals surface area contributed by atoms with Gasteiger partial charge in [-0.1, -0.05) is 28.4 Å². The highest BCUT2D eigenvalue weighted by atomic mass is 35.5. The Kier molecular flexibility index (Phi) is 5.07. The molecule has 1 aliphatic carbocycles. The van der Waals surface area contributed by atoms with Gasteiger partial charge in [0.2, 0.25) is 0 Å². The van der Waals surface area contributed by atoms with Crippen molar-refractivity contribution < 1.29 is 14.4 Å². The van der Waals surface area contributed by atoms with Crippen LogP contribution in [0.5, 0.6) is 5.75 Å². The predicted molar refractivity (Wildman–Crippen MR) is 94.3 cm³/mol. The molecule has 0 amide bonds. The molecule has 0 saturated carbocycles. The number of halogens is 2. The zero-order valence-corrected chi connectivity index (χ0v) is 14.5. The Labute approximate surface area is 150 Å². The van der Waals surface area contributed by atoms with E-state index in [-0.39, 0.29) is 10.6 Å². The molecule has 124 valence electrons. The average molecular weight is 364 g/mol. The number of carbonyl (C=O) groups excluding carboxylic acids is 1. The largest absolute Gasteiger partial charge is 0.497 e. The van der Waals surface area contributed by atoms with Gasteiger partial charge in [-0.25, -0.2) is 4.79 Å². The van der Waals surface area contributed by atoms with E-state index in [1.807, 2.05) is 18.2 Å². The van der Waals surface area contributed by atoms with E-state index in [1.54, 1.807) is 13.2 Å². The van der Waals surface area contributed by atoms with Gasteiger partial charge in [0.25, 0.3) is 0 Å². The van der Waals surface area contributed by atoms with Crippen molar-refractivity contribution in [2.75, 3.05) is 7.11 Å². The molecule has 0 N–H and O–H groups in total. The first-order chi connectivity index (χ1) is 11.6. The summed E-state index contributed by atoms with van der Waals surface area (Å²) in [6.45, 7) is 0. The minimum atomic E-state index is -0.607. The highest BCUT2D eigenvalue weighted by Gasteiger charge is 2.18. The van der Waals surface area contributed by atoms with Crippen molar-refractivity contribution in [2.24, 2.45) is 5.16 Å². The summed E-state index contributed by atoms with van der Waals surface area (Å²) >= 11 is 11.8. The quantitative estimate of drug-likeness (QED) is 0.575. The Morgan fingerprint density at radius 1 is 1.12 bits per heavy atom. The number of carbonyl (C=O) groups is 1. The van der Waals surface area contributed by atoms with Crippen LogP contribution in [0.3, 0.4) is 0 Å². The van der Waals surface area contributed by atoms with E-state index in [0.717, 1.165) is 41.9 Å². The van der Waals surface area contributed by atoms with E-state index >= 15 is 0 Å². The zero-order chi connectivity index (χ0) is 17.1. The van der Waals surface area contributed by atoms with Crippen LogP contribution in [0, 0.1) is 0 Å². The molecule has 0 unspecified atom stereocenters. The lowest BCUT2D eigenvalue weighted by Gasteiger charge is -2.18. The number of benzene rings is 2. The lowest BCUT2D eigenvalue weighted by atomic mass is 9.90. The monoisotopic (exact) mass is 363 g/mol. The highest BCUT2D eigenvalue weighted by Crippen LogP contribution is 2.26. The van der Waals surface area contributed by atoms with Gasteiger partial charge in [-0.15, -0.1) is 0 Å². The van der Waals surface area contributed by atoms with Crippen molar-refractivity contribution in [3.63, 3.8) is 0 Å². The first-order valence-corrected chi connectivity index (χ1v) is 8.24. The lowest BCUT2D eigenvalue weighted by molar-refractivity contribution is 0.0515. The topological polar surface area (TPSA) is 47.9 Å². The van der Waals surface area contributed by atoms with E-state index in [9.17, 15) is 4.79 Å². The maximum Gasteiger partial charge on any atom is 0.367 e. The first kappa shape index (κ1) is 16.8. The van der Waals surface area contributed by atoms with Gasteiger partial charge in [0.1, 0.15) is 5.75 Å². The third-order valence-electron chi connectivity index (χ3n) is 3.87. The van der Waals surface area contributed by atoms with Crippen LogP contribution >= 0.6 is 23.2 Å². The van der Waals surface area contributed by atoms with Crippen molar-refractivity contribution in [3.8, 4) is 5.75 Å². The second kappa shape index (κ2) is 7.24. The fourth-order valence-electron chi connectivity index (χ4n) is 2.66. The predicted octanol–water partition coefficient (Wildman–Crippen LogP) is 4.90. The Morgan fingerprint density at radius 2 is 1.96 bits per heavy atom. The maximum atomic E-state index is 12.2. The normalized spacial score (nSPS) is 15.0. The summed E-state index contributed by atoms with van der Waals surface area (Å²) in [5.41, 5.74) is 3.10. The molecule has 2 aromatic carbocycles. The summed E-state index contributed by atoms with van der Waals surface area (Å²) in [7, 11) is 1.64. The molecule has 0 spiro atoms. The number of oxime groups is 1. The van der Waals surface area contributed by atoms with Crippen molar-refractivity contribution in [1.82, 2.24) is 0 Å². The number of rotatable bonds is 3. The van der Waals surface area contributed by atoms with E-state index < -0.39 is 5.97 Å². The molecule has 3 rings (SSSR count). The molecule has 0 atom stereocenters. The molecule has 24 heavy (non-hydrogen) atoms. The number of methoxy groups -OCH3 is 1. The summed E-state index contributed by atoms with van der Waals surface area (Å²) in [5.74, 6) is 0.199. The molecule has 0 aromatic heterocycles. The Bertz CT molecular complexity index is 818. The molecular weight excluding hydrogens is 349 g/mol. The van der Waals surface area contributed by atoms with Crippen LogP contribution in [-0.2, 0) is 11.3 Å². The van der Waals surface area contributed by atoms with Gasteiger partial charge in [-0.05, 0) is 61.2 Å². The summed E-state index contributed by atoms with van der Waals surface area (Å²) in [5, 5.41) is 4.75. The molecule has 0 saturated heterocycles. The van der Waals surface area contributed by atoms with Gasteiger partial charge in [-0.3, -0.25) is 0 Å². The minimum Gasteiger partial charge on any atom is -0.497 e. The first-order valence-electron chi connectivity index (χ1n) is 7.49. The number of hydrogen-bond donors (Lipinski definition) is 0. The minimum absolute atomic E-state index is 0.233. The molecule has 0 fully saturated rings. The third-order valence-corrected chi connectivity index (χ3v) is 4.42. The summed E-state index contributed by atoms with van der Waals surface area (Å²) in [4.78, 5) is 17.2. The third kappa shape index (κ3) is 3.55. The average Bonchev–Trinajstić information content (AvgIpc) is 2.59. The van der Waals surface area contributed by atoms with Crippen LogP contribution in [0.2, 0.25) is 10.0 Å². The van der Waals surface area contributed by atoms with Gasteiger partial charge in [0.05, 0.1) is 23.4 Å². The van der Waals surface area contributed by atoms with Crippen LogP contribution in [0.1, 0.15) is 34.3 Å². The van der Waals surface area contributed by atoms with E-state index in [4.69, 9.17) is 32.8 Å².